The van der Waals surface area contributed by atoms with Crippen molar-refractivity contribution < 1.29 is 19.5 Å². The highest BCUT2D eigenvalue weighted by atomic mass is 32.2. The summed E-state index contributed by atoms with van der Waals surface area (Å²) in [5.74, 6) is -1.44. The maximum absolute atomic E-state index is 11.8. The van der Waals surface area contributed by atoms with Crippen LogP contribution in [0.2, 0.25) is 0 Å². The minimum absolute atomic E-state index is 0.138. The monoisotopic (exact) mass is 274 g/mol. The fourth-order valence-corrected chi connectivity index (χ4v) is 3.59. The van der Waals surface area contributed by atoms with E-state index >= 15 is 0 Å². The number of hydrogen-bond acceptors (Lipinski definition) is 5. The third-order valence-electron chi connectivity index (χ3n) is 3.02. The molecule has 0 saturated carbocycles. The van der Waals surface area contributed by atoms with Crippen LogP contribution in [0.1, 0.15) is 20.3 Å². The van der Waals surface area contributed by atoms with Crippen LogP contribution in [0.5, 0.6) is 0 Å². The van der Waals surface area contributed by atoms with Gasteiger partial charge in [0, 0.05) is 18.2 Å². The molecule has 2 amide bonds. The molecule has 102 valence electrons. The van der Waals surface area contributed by atoms with Gasteiger partial charge in [-0.25, -0.2) is 0 Å². The van der Waals surface area contributed by atoms with Gasteiger partial charge >= 0.3 is 5.97 Å². The van der Waals surface area contributed by atoms with E-state index in [1.54, 1.807) is 20.9 Å². The number of hydrogen-bond donors (Lipinski definition) is 2. The molecule has 1 heterocycles. The van der Waals surface area contributed by atoms with Crippen LogP contribution in [0, 0.1) is 0 Å². The minimum atomic E-state index is -0.972. The number of likely N-dealkylation sites (tertiary alicyclic amines) is 1. The van der Waals surface area contributed by atoms with Crippen LogP contribution in [0.25, 0.3) is 0 Å². The number of imide groups is 1. The molecule has 1 aliphatic heterocycles. The first-order valence-corrected chi connectivity index (χ1v) is 6.47. The molecule has 0 aliphatic carbocycles. The van der Waals surface area contributed by atoms with Gasteiger partial charge < -0.3 is 10.4 Å². The lowest BCUT2D eigenvalue weighted by Crippen LogP contribution is -2.50. The molecule has 1 rings (SSSR count). The van der Waals surface area contributed by atoms with Crippen molar-refractivity contribution in [2.45, 2.75) is 36.3 Å². The summed E-state index contributed by atoms with van der Waals surface area (Å²) >= 11 is 1.23. The van der Waals surface area contributed by atoms with Gasteiger partial charge in [0.2, 0.25) is 11.8 Å². The Morgan fingerprint density at radius 3 is 2.44 bits per heavy atom. The average molecular weight is 274 g/mol. The Labute approximate surface area is 110 Å². The molecule has 2 N–H and O–H groups in total. The molecule has 7 heteroatoms. The molecule has 0 radical (unpaired) electrons. The summed E-state index contributed by atoms with van der Waals surface area (Å²) < 4.78 is -0.688. The average Bonchev–Trinajstić information content (AvgIpc) is 2.45. The first-order chi connectivity index (χ1) is 8.20. The fourth-order valence-electron chi connectivity index (χ4n) is 2.02. The molecule has 1 fully saturated rings. The molecule has 1 unspecified atom stereocenters. The Morgan fingerprint density at radius 1 is 1.56 bits per heavy atom. The lowest BCUT2D eigenvalue weighted by Gasteiger charge is -2.32. The number of carboxylic acids is 1. The van der Waals surface area contributed by atoms with Gasteiger partial charge in [-0.15, -0.1) is 11.8 Å². The van der Waals surface area contributed by atoms with E-state index in [9.17, 15) is 14.4 Å². The number of amides is 2. The maximum atomic E-state index is 11.8. The van der Waals surface area contributed by atoms with E-state index in [1.807, 2.05) is 0 Å². The third kappa shape index (κ3) is 2.84. The van der Waals surface area contributed by atoms with Crippen molar-refractivity contribution in [2.24, 2.45) is 0 Å². The standard InChI is InChI=1S/C11H18N2O4S/c1-11(2,8(12-3)10(16)17)18-6-5-7(14)13(4)9(6)15/h6,8,12H,5H2,1-4H3,(H,16,17)/t6?,8-/m0/s1. The summed E-state index contributed by atoms with van der Waals surface area (Å²) in [4.78, 5) is 35.4. The zero-order valence-corrected chi connectivity index (χ0v) is 11.7. The molecule has 1 saturated heterocycles. The molecule has 2 atom stereocenters. The molecule has 0 spiro atoms. The van der Waals surface area contributed by atoms with E-state index in [0.29, 0.717) is 0 Å². The molecule has 0 aromatic heterocycles. The predicted molar refractivity (Wildman–Crippen MR) is 68.3 cm³/mol. The molecule has 18 heavy (non-hydrogen) atoms. The SMILES string of the molecule is CN[C@@H](C(=O)O)C(C)(C)SC1CC(=O)N(C)C1=O. The van der Waals surface area contributed by atoms with Crippen LogP contribution in [0.15, 0.2) is 0 Å². The minimum Gasteiger partial charge on any atom is -0.480 e. The van der Waals surface area contributed by atoms with Crippen LogP contribution >= 0.6 is 11.8 Å². The number of rotatable bonds is 5. The smallest absolute Gasteiger partial charge is 0.322 e. The number of likely N-dealkylation sites (N-methyl/N-ethyl adjacent to an activating group) is 1. The van der Waals surface area contributed by atoms with Crippen LogP contribution in [0.3, 0.4) is 0 Å². The number of thioether (sulfide) groups is 1. The van der Waals surface area contributed by atoms with Gasteiger partial charge in [-0.05, 0) is 20.9 Å². The van der Waals surface area contributed by atoms with Crippen LogP contribution in [-0.2, 0) is 14.4 Å². The number of aliphatic carboxylic acids is 1. The zero-order valence-electron chi connectivity index (χ0n) is 10.9. The van der Waals surface area contributed by atoms with Crippen molar-refractivity contribution in [3.05, 3.63) is 0 Å². The molecule has 1 aliphatic rings. The summed E-state index contributed by atoms with van der Waals surface area (Å²) in [6, 6.07) is -0.781. The van der Waals surface area contributed by atoms with E-state index in [0.717, 1.165) is 4.90 Å². The normalized spacial score (nSPS) is 22.4. The molecule has 0 aromatic carbocycles. The van der Waals surface area contributed by atoms with Crippen LogP contribution in [0.4, 0.5) is 0 Å². The Bertz CT molecular complexity index is 383. The van der Waals surface area contributed by atoms with Gasteiger partial charge in [-0.3, -0.25) is 19.3 Å². The predicted octanol–water partition coefficient (Wildman–Crippen LogP) is -0.0719. The van der Waals surface area contributed by atoms with Crippen LogP contribution in [-0.4, -0.2) is 57.9 Å². The Morgan fingerprint density at radius 2 is 2.11 bits per heavy atom. The van der Waals surface area contributed by atoms with Crippen molar-refractivity contribution in [3.8, 4) is 0 Å². The van der Waals surface area contributed by atoms with E-state index in [1.165, 1.54) is 18.8 Å². The third-order valence-corrected chi connectivity index (χ3v) is 4.51. The highest BCUT2D eigenvalue weighted by Crippen LogP contribution is 2.36. The van der Waals surface area contributed by atoms with E-state index in [4.69, 9.17) is 5.11 Å². The lowest BCUT2D eigenvalue weighted by molar-refractivity contribution is -0.140. The van der Waals surface area contributed by atoms with Gasteiger partial charge in [-0.2, -0.15) is 0 Å². The van der Waals surface area contributed by atoms with Gasteiger partial charge in [0.25, 0.3) is 0 Å². The van der Waals surface area contributed by atoms with Crippen molar-refractivity contribution in [2.75, 3.05) is 14.1 Å². The Balaban J connectivity index is 2.80. The molecular formula is C11H18N2O4S. The number of nitrogens with one attached hydrogen (secondary N) is 1. The van der Waals surface area contributed by atoms with Crippen LogP contribution < -0.4 is 5.32 Å². The van der Waals surface area contributed by atoms with Crippen molar-refractivity contribution >= 4 is 29.5 Å². The van der Waals surface area contributed by atoms with Crippen molar-refractivity contribution in [1.82, 2.24) is 10.2 Å². The van der Waals surface area contributed by atoms with Gasteiger partial charge in [-0.1, -0.05) is 0 Å². The second-order valence-electron chi connectivity index (χ2n) is 4.76. The highest BCUT2D eigenvalue weighted by molar-refractivity contribution is 8.02. The Kier molecular flexibility index (Phi) is 4.39. The van der Waals surface area contributed by atoms with E-state index < -0.39 is 22.0 Å². The quantitative estimate of drug-likeness (QED) is 0.682. The zero-order chi connectivity index (χ0) is 14.1. The fraction of sp³-hybridized carbons (Fsp3) is 0.727. The number of carbonyl (C=O) groups excluding carboxylic acids is 2. The largest absolute Gasteiger partial charge is 0.480 e. The highest BCUT2D eigenvalue weighted by Gasteiger charge is 2.43. The molecule has 0 aromatic rings. The first kappa shape index (κ1) is 15.0. The van der Waals surface area contributed by atoms with Gasteiger partial charge in [0.05, 0.1) is 5.25 Å². The Hall–Kier alpha value is -1.08. The lowest BCUT2D eigenvalue weighted by atomic mass is 10.0. The second kappa shape index (κ2) is 5.27. The number of carboxylic acid groups (broad SMARTS) is 1. The number of carbonyl (C=O) groups is 3. The summed E-state index contributed by atoms with van der Waals surface area (Å²) in [5.41, 5.74) is 0. The second-order valence-corrected chi connectivity index (χ2v) is 6.62. The maximum Gasteiger partial charge on any atom is 0.322 e. The summed E-state index contributed by atoms with van der Waals surface area (Å²) in [6.45, 7) is 3.51. The van der Waals surface area contributed by atoms with E-state index in [2.05, 4.69) is 5.32 Å². The topological polar surface area (TPSA) is 86.7 Å². The molecular weight excluding hydrogens is 256 g/mol. The number of nitrogens with zero attached hydrogens (tertiary/aromatic N) is 1. The summed E-state index contributed by atoms with van der Waals surface area (Å²) in [6.07, 6.45) is 0.138. The summed E-state index contributed by atoms with van der Waals surface area (Å²) in [5, 5.41) is 11.3. The molecule has 6 nitrogen and oxygen atoms in total. The van der Waals surface area contributed by atoms with E-state index in [-0.39, 0.29) is 18.2 Å². The molecule has 0 bridgehead atoms. The summed E-state index contributed by atoms with van der Waals surface area (Å²) in [7, 11) is 3.01. The van der Waals surface area contributed by atoms with Crippen molar-refractivity contribution in [1.29, 1.82) is 0 Å². The van der Waals surface area contributed by atoms with Gasteiger partial charge in [0.15, 0.2) is 0 Å². The van der Waals surface area contributed by atoms with Gasteiger partial charge in [0.1, 0.15) is 6.04 Å². The first-order valence-electron chi connectivity index (χ1n) is 5.59. The van der Waals surface area contributed by atoms with Crippen molar-refractivity contribution in [3.63, 3.8) is 0 Å².